The number of aromatic nitrogens is 2. The van der Waals surface area contributed by atoms with Crippen molar-refractivity contribution in [2.24, 2.45) is 0 Å². The molecule has 0 saturated carbocycles. The number of benzene rings is 1. The minimum absolute atomic E-state index is 0.265. The van der Waals surface area contributed by atoms with Crippen molar-refractivity contribution in [1.29, 1.82) is 0 Å². The highest BCUT2D eigenvalue weighted by Crippen LogP contribution is 2.28. The fourth-order valence-corrected chi connectivity index (χ4v) is 4.40. The summed E-state index contributed by atoms with van der Waals surface area (Å²) in [6.07, 6.45) is 1.47. The van der Waals surface area contributed by atoms with Crippen LogP contribution in [0, 0.1) is 13.8 Å². The maximum atomic E-state index is 12.4. The molecule has 3 aromatic rings. The molecular weight excluding hydrogens is 318 g/mol. The molecule has 3 heterocycles. The van der Waals surface area contributed by atoms with Crippen molar-refractivity contribution in [2.75, 3.05) is 13.1 Å². The van der Waals surface area contributed by atoms with E-state index in [0.29, 0.717) is 12.5 Å². The van der Waals surface area contributed by atoms with Crippen LogP contribution in [-0.4, -0.2) is 33.4 Å². The standard InChI is InChI=1S/C19H21N3OS/c1-13-9-10-24-18(13)7-8-19(23)21-11-15(12-21)22-14(2)20-16-5-3-4-6-17(16)22/h3-6,9-10,15H,7-8,11-12H2,1-2H3. The highest BCUT2D eigenvalue weighted by Gasteiger charge is 2.33. The Kier molecular flexibility index (Phi) is 3.88. The zero-order valence-corrected chi connectivity index (χ0v) is 14.8. The van der Waals surface area contributed by atoms with Gasteiger partial charge >= 0.3 is 0 Å². The molecule has 1 saturated heterocycles. The predicted molar refractivity (Wildman–Crippen MR) is 97.5 cm³/mol. The van der Waals surface area contributed by atoms with E-state index in [1.807, 2.05) is 30.0 Å². The lowest BCUT2D eigenvalue weighted by Gasteiger charge is -2.40. The number of hydrogen-bond acceptors (Lipinski definition) is 3. The number of carbonyl (C=O) groups excluding carboxylic acids is 1. The number of carbonyl (C=O) groups is 1. The minimum Gasteiger partial charge on any atom is -0.338 e. The molecule has 5 heteroatoms. The third-order valence-corrected chi connectivity index (χ3v) is 5.97. The second kappa shape index (κ2) is 6.06. The van der Waals surface area contributed by atoms with Gasteiger partial charge in [-0.15, -0.1) is 11.3 Å². The van der Waals surface area contributed by atoms with Crippen LogP contribution in [0.25, 0.3) is 11.0 Å². The van der Waals surface area contributed by atoms with E-state index in [9.17, 15) is 4.79 Å². The van der Waals surface area contributed by atoms with Crippen molar-refractivity contribution >= 4 is 28.3 Å². The van der Waals surface area contributed by atoms with Crippen molar-refractivity contribution in [3.05, 3.63) is 52.0 Å². The van der Waals surface area contributed by atoms with Gasteiger partial charge in [-0.1, -0.05) is 12.1 Å². The van der Waals surface area contributed by atoms with Crippen LogP contribution in [0.4, 0.5) is 0 Å². The third kappa shape index (κ3) is 2.63. The number of amides is 1. The van der Waals surface area contributed by atoms with Gasteiger partial charge in [0.2, 0.25) is 5.91 Å². The Morgan fingerprint density at radius 2 is 2.04 bits per heavy atom. The molecule has 0 bridgehead atoms. The Hall–Kier alpha value is -2.14. The molecule has 0 radical (unpaired) electrons. The first-order chi connectivity index (χ1) is 11.6. The zero-order valence-electron chi connectivity index (χ0n) is 14.0. The fraction of sp³-hybridized carbons (Fsp3) is 0.368. The van der Waals surface area contributed by atoms with Crippen LogP contribution in [-0.2, 0) is 11.2 Å². The molecule has 0 N–H and O–H groups in total. The smallest absolute Gasteiger partial charge is 0.223 e. The summed E-state index contributed by atoms with van der Waals surface area (Å²) >= 11 is 1.75. The van der Waals surface area contributed by atoms with Crippen LogP contribution >= 0.6 is 11.3 Å². The largest absolute Gasteiger partial charge is 0.338 e. The van der Waals surface area contributed by atoms with Gasteiger partial charge in [0.1, 0.15) is 5.82 Å². The molecule has 1 aliphatic rings. The number of nitrogens with zero attached hydrogens (tertiary/aromatic N) is 3. The predicted octanol–water partition coefficient (Wildman–Crippen LogP) is 3.73. The van der Waals surface area contributed by atoms with Gasteiger partial charge in [-0.05, 0) is 49.4 Å². The molecular formula is C19H21N3OS. The molecule has 0 unspecified atom stereocenters. The normalized spacial score (nSPS) is 15.0. The SMILES string of the molecule is Cc1ccsc1CCC(=O)N1CC(n2c(C)nc3ccccc32)C1. The lowest BCUT2D eigenvalue weighted by molar-refractivity contribution is -0.136. The summed E-state index contributed by atoms with van der Waals surface area (Å²) < 4.78 is 2.28. The van der Waals surface area contributed by atoms with Crippen molar-refractivity contribution in [3.8, 4) is 0 Å². The molecule has 1 fully saturated rings. The van der Waals surface area contributed by atoms with E-state index in [1.165, 1.54) is 16.0 Å². The molecule has 0 spiro atoms. The maximum Gasteiger partial charge on any atom is 0.223 e. The maximum absolute atomic E-state index is 12.4. The summed E-state index contributed by atoms with van der Waals surface area (Å²) in [4.78, 5) is 20.3. The monoisotopic (exact) mass is 339 g/mol. The third-order valence-electron chi connectivity index (χ3n) is 4.89. The lowest BCUT2D eigenvalue weighted by atomic mass is 10.1. The quantitative estimate of drug-likeness (QED) is 0.726. The van der Waals surface area contributed by atoms with E-state index in [0.717, 1.165) is 30.9 Å². The van der Waals surface area contributed by atoms with E-state index < -0.39 is 0 Å². The van der Waals surface area contributed by atoms with Crippen molar-refractivity contribution < 1.29 is 4.79 Å². The van der Waals surface area contributed by atoms with Gasteiger partial charge in [0.05, 0.1) is 17.1 Å². The summed E-state index contributed by atoms with van der Waals surface area (Å²) in [7, 11) is 0. The molecule has 24 heavy (non-hydrogen) atoms. The summed E-state index contributed by atoms with van der Waals surface area (Å²) in [6, 6.07) is 10.7. The number of hydrogen-bond donors (Lipinski definition) is 0. The molecule has 4 rings (SSSR count). The van der Waals surface area contributed by atoms with Crippen molar-refractivity contribution in [2.45, 2.75) is 32.7 Å². The van der Waals surface area contributed by atoms with Crippen LogP contribution < -0.4 is 0 Å². The Bertz CT molecular complexity index is 889. The second-order valence-corrected chi connectivity index (χ2v) is 7.50. The first kappa shape index (κ1) is 15.4. The van der Waals surface area contributed by atoms with E-state index in [1.54, 1.807) is 11.3 Å². The Labute approximate surface area is 145 Å². The van der Waals surface area contributed by atoms with Crippen LogP contribution in [0.1, 0.15) is 28.7 Å². The summed E-state index contributed by atoms with van der Waals surface area (Å²) in [5.41, 5.74) is 3.50. The molecule has 1 aliphatic heterocycles. The van der Waals surface area contributed by atoms with Gasteiger partial charge in [0, 0.05) is 24.4 Å². The van der Waals surface area contributed by atoms with E-state index in [-0.39, 0.29) is 5.91 Å². The average Bonchev–Trinajstić information content (AvgIpc) is 3.07. The van der Waals surface area contributed by atoms with Gasteiger partial charge in [-0.3, -0.25) is 4.79 Å². The molecule has 1 amide bonds. The number of fused-ring (bicyclic) bond motifs is 1. The van der Waals surface area contributed by atoms with Gasteiger partial charge in [-0.25, -0.2) is 4.98 Å². The van der Waals surface area contributed by atoms with E-state index in [2.05, 4.69) is 34.0 Å². The van der Waals surface area contributed by atoms with Crippen LogP contribution in [0.3, 0.4) is 0 Å². The van der Waals surface area contributed by atoms with Gasteiger partial charge in [0.25, 0.3) is 0 Å². The highest BCUT2D eigenvalue weighted by atomic mass is 32.1. The van der Waals surface area contributed by atoms with E-state index in [4.69, 9.17) is 0 Å². The number of imidazole rings is 1. The van der Waals surface area contributed by atoms with Crippen LogP contribution in [0.2, 0.25) is 0 Å². The van der Waals surface area contributed by atoms with Gasteiger partial charge in [-0.2, -0.15) is 0 Å². The summed E-state index contributed by atoms with van der Waals surface area (Å²) in [5, 5.41) is 2.10. The second-order valence-electron chi connectivity index (χ2n) is 6.50. The summed E-state index contributed by atoms with van der Waals surface area (Å²) in [6.45, 7) is 5.75. The number of para-hydroxylation sites is 2. The average molecular weight is 339 g/mol. The molecule has 2 aromatic heterocycles. The van der Waals surface area contributed by atoms with Crippen molar-refractivity contribution in [3.63, 3.8) is 0 Å². The van der Waals surface area contributed by atoms with E-state index >= 15 is 0 Å². The molecule has 0 aliphatic carbocycles. The Morgan fingerprint density at radius 1 is 1.25 bits per heavy atom. The first-order valence-corrected chi connectivity index (χ1v) is 9.26. The van der Waals surface area contributed by atoms with Gasteiger partial charge in [0.15, 0.2) is 0 Å². The number of likely N-dealkylation sites (tertiary alicyclic amines) is 1. The minimum atomic E-state index is 0.265. The van der Waals surface area contributed by atoms with Crippen molar-refractivity contribution in [1.82, 2.24) is 14.5 Å². The number of thiophene rings is 1. The lowest BCUT2D eigenvalue weighted by Crippen LogP contribution is -2.51. The molecule has 4 nitrogen and oxygen atoms in total. The Morgan fingerprint density at radius 3 is 2.79 bits per heavy atom. The number of aryl methyl sites for hydroxylation is 3. The summed E-state index contributed by atoms with van der Waals surface area (Å²) in [5.74, 6) is 1.30. The van der Waals surface area contributed by atoms with Gasteiger partial charge < -0.3 is 9.47 Å². The molecule has 0 atom stereocenters. The topological polar surface area (TPSA) is 38.1 Å². The first-order valence-electron chi connectivity index (χ1n) is 8.38. The van der Waals surface area contributed by atoms with Crippen LogP contribution in [0.5, 0.6) is 0 Å². The Balaban J connectivity index is 1.40. The molecule has 1 aromatic carbocycles. The number of rotatable bonds is 4. The fourth-order valence-electron chi connectivity index (χ4n) is 3.49. The van der Waals surface area contributed by atoms with Crippen LogP contribution in [0.15, 0.2) is 35.7 Å². The molecule has 124 valence electrons. The zero-order chi connectivity index (χ0) is 16.7. The highest BCUT2D eigenvalue weighted by molar-refractivity contribution is 7.10.